The van der Waals surface area contributed by atoms with Crippen LogP contribution in [-0.4, -0.2) is 37.6 Å². The lowest BCUT2D eigenvalue weighted by molar-refractivity contribution is -0.137. The number of nitrogens with zero attached hydrogens (tertiary/aromatic N) is 1. The monoisotopic (exact) mass is 446 g/mol. The molecule has 4 nitrogen and oxygen atoms in total. The number of methoxy groups -OCH3 is 1. The van der Waals surface area contributed by atoms with Crippen LogP contribution in [0, 0.1) is 11.3 Å². The van der Waals surface area contributed by atoms with E-state index in [1.165, 1.54) is 0 Å². The Balaban J connectivity index is 1.21. The lowest BCUT2D eigenvalue weighted by Crippen LogP contribution is -2.37. The van der Waals surface area contributed by atoms with Gasteiger partial charge in [-0.3, -0.25) is 9.69 Å². The van der Waals surface area contributed by atoms with Gasteiger partial charge in [0.05, 0.1) is 12.7 Å². The number of hydrogen-bond donors (Lipinski definition) is 1. The average Bonchev–Trinajstić information content (AvgIpc) is 3.49. The minimum atomic E-state index is -4.30. The fraction of sp³-hybridized carbons (Fsp3) is 0.480. The molecule has 32 heavy (non-hydrogen) atoms. The molecule has 0 bridgehead atoms. The molecule has 2 fully saturated rings. The molecule has 1 aliphatic heterocycles. The third-order valence-electron chi connectivity index (χ3n) is 6.93. The Morgan fingerprint density at radius 1 is 1.12 bits per heavy atom. The first-order valence-corrected chi connectivity index (χ1v) is 11.1. The first-order valence-electron chi connectivity index (χ1n) is 11.1. The molecule has 0 radical (unpaired) electrons. The predicted octanol–water partition coefficient (Wildman–Crippen LogP) is 4.68. The smallest absolute Gasteiger partial charge is 0.416 e. The molecule has 1 saturated heterocycles. The van der Waals surface area contributed by atoms with Crippen LogP contribution < -0.4 is 10.1 Å². The van der Waals surface area contributed by atoms with E-state index >= 15 is 0 Å². The molecule has 1 aliphatic carbocycles. The highest BCUT2D eigenvalue weighted by atomic mass is 19.4. The third-order valence-corrected chi connectivity index (χ3v) is 6.93. The number of alkyl halides is 3. The van der Waals surface area contributed by atoms with Crippen molar-refractivity contribution in [2.24, 2.45) is 11.3 Å². The number of hydrogen-bond acceptors (Lipinski definition) is 3. The number of carbonyl (C=O) groups is 1. The average molecular weight is 447 g/mol. The first kappa shape index (κ1) is 22.6. The van der Waals surface area contributed by atoms with Crippen LogP contribution in [0.3, 0.4) is 0 Å². The molecule has 1 spiro atoms. The number of rotatable bonds is 7. The molecule has 1 saturated carbocycles. The van der Waals surface area contributed by atoms with Crippen molar-refractivity contribution in [3.63, 3.8) is 0 Å². The van der Waals surface area contributed by atoms with E-state index in [2.05, 4.69) is 10.2 Å². The largest absolute Gasteiger partial charge is 0.496 e. The van der Waals surface area contributed by atoms with Crippen LogP contribution in [0.25, 0.3) is 0 Å². The SMILES string of the molecule is COc1ccccc1CCNC(=O)[C@H]1CC12CCN(Cc1ccc(C(F)(F)F)cc1)CC2. The minimum Gasteiger partial charge on any atom is -0.496 e. The summed E-state index contributed by atoms with van der Waals surface area (Å²) in [5.41, 5.74) is 1.45. The summed E-state index contributed by atoms with van der Waals surface area (Å²) in [6, 6.07) is 13.2. The second kappa shape index (κ2) is 9.14. The van der Waals surface area contributed by atoms with Gasteiger partial charge in [-0.25, -0.2) is 0 Å². The van der Waals surface area contributed by atoms with Gasteiger partial charge in [0.2, 0.25) is 5.91 Å². The number of benzene rings is 2. The van der Waals surface area contributed by atoms with Crippen LogP contribution in [0.1, 0.15) is 36.0 Å². The molecule has 0 unspecified atom stereocenters. The van der Waals surface area contributed by atoms with E-state index in [0.29, 0.717) is 13.1 Å². The van der Waals surface area contributed by atoms with Gasteiger partial charge in [0.15, 0.2) is 0 Å². The van der Waals surface area contributed by atoms with E-state index in [1.54, 1.807) is 19.2 Å². The molecule has 2 aromatic rings. The summed E-state index contributed by atoms with van der Waals surface area (Å²) in [6.07, 6.45) is -0.723. The first-order chi connectivity index (χ1) is 15.3. The fourth-order valence-electron chi connectivity index (χ4n) is 4.84. The van der Waals surface area contributed by atoms with E-state index in [-0.39, 0.29) is 17.2 Å². The van der Waals surface area contributed by atoms with Gasteiger partial charge in [-0.05, 0) is 73.5 Å². The molecular formula is C25H29F3N2O2. The number of ether oxygens (including phenoxy) is 1. The minimum absolute atomic E-state index is 0.0772. The maximum absolute atomic E-state index is 12.7. The molecule has 2 aliphatic rings. The van der Waals surface area contributed by atoms with Gasteiger partial charge in [-0.2, -0.15) is 13.2 Å². The number of halogens is 3. The second-order valence-electron chi connectivity index (χ2n) is 8.94. The van der Waals surface area contributed by atoms with Crippen LogP contribution in [0.4, 0.5) is 13.2 Å². The molecule has 1 heterocycles. The number of amides is 1. The zero-order valence-electron chi connectivity index (χ0n) is 18.3. The summed E-state index contributed by atoms with van der Waals surface area (Å²) in [4.78, 5) is 14.9. The Morgan fingerprint density at radius 2 is 1.81 bits per heavy atom. The van der Waals surface area contributed by atoms with Crippen LogP contribution >= 0.6 is 0 Å². The standard InChI is InChI=1S/C25H29F3N2O2/c1-32-22-5-3-2-4-19(22)10-13-29-23(31)21-16-24(21)11-14-30(15-12-24)17-18-6-8-20(9-7-18)25(26,27)28/h2-9,21H,10-17H2,1H3,(H,29,31)/t21-/m1/s1. The molecule has 1 amide bonds. The summed E-state index contributed by atoms with van der Waals surface area (Å²) in [5, 5.41) is 3.08. The lowest BCUT2D eigenvalue weighted by Gasteiger charge is -2.32. The molecular weight excluding hydrogens is 417 g/mol. The van der Waals surface area contributed by atoms with Gasteiger partial charge >= 0.3 is 6.18 Å². The van der Waals surface area contributed by atoms with Crippen molar-refractivity contribution >= 4 is 5.91 Å². The molecule has 2 aromatic carbocycles. The van der Waals surface area contributed by atoms with Crippen molar-refractivity contribution in [1.29, 1.82) is 0 Å². The van der Waals surface area contributed by atoms with Crippen LogP contribution in [0.5, 0.6) is 5.75 Å². The highest BCUT2D eigenvalue weighted by Gasteiger charge is 2.58. The van der Waals surface area contributed by atoms with Gasteiger partial charge in [0, 0.05) is 19.0 Å². The number of piperidine rings is 1. The van der Waals surface area contributed by atoms with Gasteiger partial charge in [0.25, 0.3) is 0 Å². The normalized spacial score (nSPS) is 20.2. The Morgan fingerprint density at radius 3 is 2.47 bits per heavy atom. The molecule has 1 N–H and O–H groups in total. The van der Waals surface area contributed by atoms with Gasteiger partial charge in [-0.1, -0.05) is 30.3 Å². The van der Waals surface area contributed by atoms with E-state index in [9.17, 15) is 18.0 Å². The van der Waals surface area contributed by atoms with Crippen molar-refractivity contribution < 1.29 is 22.7 Å². The predicted molar refractivity (Wildman–Crippen MR) is 116 cm³/mol. The van der Waals surface area contributed by atoms with E-state index in [4.69, 9.17) is 4.74 Å². The summed E-state index contributed by atoms with van der Waals surface area (Å²) >= 11 is 0. The second-order valence-corrected chi connectivity index (χ2v) is 8.94. The Bertz CT molecular complexity index is 935. The molecule has 0 aromatic heterocycles. The van der Waals surface area contributed by atoms with Crippen LogP contribution in [0.15, 0.2) is 48.5 Å². The number of carbonyl (C=O) groups excluding carboxylic acids is 1. The van der Waals surface area contributed by atoms with Crippen molar-refractivity contribution in [3.8, 4) is 5.75 Å². The van der Waals surface area contributed by atoms with Crippen molar-refractivity contribution in [2.75, 3.05) is 26.7 Å². The molecule has 7 heteroatoms. The zero-order valence-corrected chi connectivity index (χ0v) is 18.3. The van der Waals surface area contributed by atoms with Gasteiger partial charge in [0.1, 0.15) is 5.75 Å². The van der Waals surface area contributed by atoms with E-state index in [1.807, 2.05) is 24.3 Å². The maximum Gasteiger partial charge on any atom is 0.416 e. The number of likely N-dealkylation sites (tertiary alicyclic amines) is 1. The molecule has 1 atom stereocenters. The summed E-state index contributed by atoms with van der Waals surface area (Å²) < 4.78 is 43.5. The topological polar surface area (TPSA) is 41.6 Å². The van der Waals surface area contributed by atoms with E-state index < -0.39 is 11.7 Å². The summed E-state index contributed by atoms with van der Waals surface area (Å²) in [5.74, 6) is 1.05. The Kier molecular flexibility index (Phi) is 6.47. The zero-order chi connectivity index (χ0) is 22.8. The third kappa shape index (κ3) is 5.09. The van der Waals surface area contributed by atoms with Crippen molar-refractivity contribution in [1.82, 2.24) is 10.2 Å². The summed E-state index contributed by atoms with van der Waals surface area (Å²) in [7, 11) is 1.65. The number of nitrogens with one attached hydrogen (secondary N) is 1. The van der Waals surface area contributed by atoms with Gasteiger partial charge < -0.3 is 10.1 Å². The van der Waals surface area contributed by atoms with Crippen molar-refractivity contribution in [2.45, 2.75) is 38.4 Å². The lowest BCUT2D eigenvalue weighted by atomic mass is 9.90. The maximum atomic E-state index is 12.7. The highest BCUT2D eigenvalue weighted by molar-refractivity contribution is 5.82. The van der Waals surface area contributed by atoms with E-state index in [0.717, 1.165) is 67.8 Å². The van der Waals surface area contributed by atoms with Gasteiger partial charge in [-0.15, -0.1) is 0 Å². The number of para-hydroxylation sites is 1. The van der Waals surface area contributed by atoms with Crippen LogP contribution in [-0.2, 0) is 23.9 Å². The Hall–Kier alpha value is -2.54. The van der Waals surface area contributed by atoms with Crippen LogP contribution in [0.2, 0.25) is 0 Å². The summed E-state index contributed by atoms with van der Waals surface area (Å²) in [6.45, 7) is 2.97. The quantitative estimate of drug-likeness (QED) is 0.672. The Labute approximate surface area is 186 Å². The highest BCUT2D eigenvalue weighted by Crippen LogP contribution is 2.59. The molecule has 4 rings (SSSR count). The fourth-order valence-corrected chi connectivity index (χ4v) is 4.84. The van der Waals surface area contributed by atoms with Crippen molar-refractivity contribution in [3.05, 3.63) is 65.2 Å². The molecule has 172 valence electrons.